The molecule has 0 aliphatic rings. The van der Waals surface area contributed by atoms with Crippen molar-refractivity contribution in [3.63, 3.8) is 0 Å². The fourth-order valence-corrected chi connectivity index (χ4v) is 0.666. The van der Waals surface area contributed by atoms with Crippen molar-refractivity contribution < 1.29 is 13.0 Å². The Bertz CT molecular complexity index is 402. The van der Waals surface area contributed by atoms with Crippen LogP contribution in [0.25, 0.3) is 0 Å². The summed E-state index contributed by atoms with van der Waals surface area (Å²) < 4.78 is 27.2. The van der Waals surface area contributed by atoms with Gasteiger partial charge in [-0.3, -0.25) is 0 Å². The van der Waals surface area contributed by atoms with E-state index in [-0.39, 0.29) is 0 Å². The average Bonchev–Trinajstić information content (AvgIpc) is 2.03. The Morgan fingerprint density at radius 1 is 1.21 bits per heavy atom. The first-order valence-electron chi connectivity index (χ1n) is 3.82. The molecule has 14 heavy (non-hydrogen) atoms. The first-order chi connectivity index (χ1) is 6.43. The van der Waals surface area contributed by atoms with E-state index < -0.39 is 10.1 Å². The second-order valence-corrected chi connectivity index (χ2v) is 3.85. The van der Waals surface area contributed by atoms with Gasteiger partial charge in [-0.2, -0.15) is 0 Å². The molecule has 0 aliphatic carbocycles. The summed E-state index contributed by atoms with van der Waals surface area (Å²) in [6.07, 6.45) is 0.604. The zero-order valence-electron chi connectivity index (χ0n) is 8.02. The van der Waals surface area contributed by atoms with Crippen molar-refractivity contribution >= 4 is 10.1 Å². The molecule has 1 aromatic carbocycles. The third-order valence-corrected chi connectivity index (χ3v) is 1.04. The van der Waals surface area contributed by atoms with Crippen LogP contribution < -0.4 is 0 Å². The molecule has 0 saturated carbocycles. The highest BCUT2D eigenvalue weighted by Crippen LogP contribution is 1.93. The molecule has 1 rings (SSSR count). The minimum absolute atomic E-state index is 0.604. The van der Waals surface area contributed by atoms with Crippen LogP contribution in [0.15, 0.2) is 30.3 Å². The molecule has 0 unspecified atom stereocenters. The zero-order valence-corrected chi connectivity index (χ0v) is 8.84. The maximum absolute atomic E-state index is 9.08. The fourth-order valence-electron chi connectivity index (χ4n) is 0.666. The summed E-state index contributed by atoms with van der Waals surface area (Å²) in [5.41, 5.74) is 1.08. The Balaban J connectivity index is 0.000000292. The van der Waals surface area contributed by atoms with Crippen LogP contribution in [-0.2, 0) is 10.1 Å². The normalized spacial score (nSPS) is 9.07. The molecule has 0 aliphatic heterocycles. The van der Waals surface area contributed by atoms with E-state index in [4.69, 9.17) is 13.0 Å². The Labute approximate surface area is 84.5 Å². The van der Waals surface area contributed by atoms with Crippen LogP contribution in [0.1, 0.15) is 12.5 Å². The average molecular weight is 211 g/mol. The Morgan fingerprint density at radius 2 is 1.64 bits per heavy atom. The molecule has 0 amide bonds. The van der Waals surface area contributed by atoms with Crippen LogP contribution in [-0.4, -0.2) is 19.2 Å². The standard InChI is InChI=1S/C9H8.CH4O3S/c1-2-6-9-7-4-3-5-8-9;1-5(2,3)4/h3-5,7-8H,1H3;1H3,(H,2,3,4)/p-1. The van der Waals surface area contributed by atoms with E-state index in [1.165, 1.54) is 0 Å². The molecule has 0 heterocycles. The molecule has 0 N–H and O–H groups in total. The van der Waals surface area contributed by atoms with E-state index >= 15 is 0 Å². The third-order valence-electron chi connectivity index (χ3n) is 1.04. The Kier molecular flexibility index (Phi) is 5.61. The third kappa shape index (κ3) is 10.7. The summed E-state index contributed by atoms with van der Waals surface area (Å²) in [6.45, 7) is 1.84. The van der Waals surface area contributed by atoms with Gasteiger partial charge in [0.25, 0.3) is 0 Å². The van der Waals surface area contributed by atoms with E-state index in [1.54, 1.807) is 0 Å². The summed E-state index contributed by atoms with van der Waals surface area (Å²) in [4.78, 5) is 0. The predicted molar refractivity (Wildman–Crippen MR) is 54.6 cm³/mol. The second kappa shape index (κ2) is 6.19. The molecular weight excluding hydrogens is 200 g/mol. The molecule has 76 valence electrons. The number of benzene rings is 1. The van der Waals surface area contributed by atoms with E-state index in [1.807, 2.05) is 37.3 Å². The van der Waals surface area contributed by atoms with Crippen molar-refractivity contribution in [2.24, 2.45) is 0 Å². The van der Waals surface area contributed by atoms with Crippen LogP contribution in [0, 0.1) is 11.8 Å². The van der Waals surface area contributed by atoms with Crippen molar-refractivity contribution in [1.82, 2.24) is 0 Å². The SMILES string of the molecule is CC#Cc1ccccc1.CS(=O)(=O)[O-]. The van der Waals surface area contributed by atoms with Gasteiger partial charge in [0, 0.05) is 11.8 Å². The smallest absolute Gasteiger partial charge is 0.0916 e. The molecule has 0 atom stereocenters. The molecule has 0 fully saturated rings. The predicted octanol–water partition coefficient (Wildman–Crippen LogP) is 1.22. The number of hydrogen-bond donors (Lipinski definition) is 0. The molecule has 0 radical (unpaired) electrons. The maximum Gasteiger partial charge on any atom is 0.0916 e. The van der Waals surface area contributed by atoms with Gasteiger partial charge in [0.2, 0.25) is 0 Å². The second-order valence-electron chi connectivity index (χ2n) is 2.45. The molecule has 4 heteroatoms. The van der Waals surface area contributed by atoms with Gasteiger partial charge in [0.05, 0.1) is 10.1 Å². The summed E-state index contributed by atoms with van der Waals surface area (Å²) in [5.74, 6) is 5.79. The van der Waals surface area contributed by atoms with Crippen molar-refractivity contribution in [2.75, 3.05) is 6.26 Å². The van der Waals surface area contributed by atoms with Gasteiger partial charge in [0.15, 0.2) is 0 Å². The molecular formula is C10H11O3S-. The van der Waals surface area contributed by atoms with Gasteiger partial charge in [-0.25, -0.2) is 8.42 Å². The van der Waals surface area contributed by atoms with Crippen LogP contribution in [0.2, 0.25) is 0 Å². The van der Waals surface area contributed by atoms with Gasteiger partial charge in [-0.05, 0) is 19.1 Å². The first kappa shape index (κ1) is 12.7. The minimum atomic E-state index is -3.92. The van der Waals surface area contributed by atoms with E-state index in [0.717, 1.165) is 5.56 Å². The molecule has 0 bridgehead atoms. The number of rotatable bonds is 0. The topological polar surface area (TPSA) is 57.2 Å². The van der Waals surface area contributed by atoms with E-state index in [2.05, 4.69) is 11.8 Å². The molecule has 0 aromatic heterocycles. The van der Waals surface area contributed by atoms with Crippen molar-refractivity contribution in [3.05, 3.63) is 35.9 Å². The highest BCUT2D eigenvalue weighted by atomic mass is 32.2. The highest BCUT2D eigenvalue weighted by molar-refractivity contribution is 7.84. The molecule has 0 spiro atoms. The van der Waals surface area contributed by atoms with Crippen LogP contribution in [0.3, 0.4) is 0 Å². The summed E-state index contributed by atoms with van der Waals surface area (Å²) in [7, 11) is -3.92. The highest BCUT2D eigenvalue weighted by Gasteiger charge is 1.77. The Hall–Kier alpha value is -1.31. The van der Waals surface area contributed by atoms with Gasteiger partial charge in [-0.1, -0.05) is 24.1 Å². The van der Waals surface area contributed by atoms with Crippen LogP contribution >= 0.6 is 0 Å². The maximum atomic E-state index is 9.08. The summed E-state index contributed by atoms with van der Waals surface area (Å²) >= 11 is 0. The Morgan fingerprint density at radius 3 is 2.00 bits per heavy atom. The van der Waals surface area contributed by atoms with E-state index in [0.29, 0.717) is 6.26 Å². The van der Waals surface area contributed by atoms with E-state index in [9.17, 15) is 0 Å². The number of hydrogen-bond acceptors (Lipinski definition) is 3. The van der Waals surface area contributed by atoms with Gasteiger partial charge in [-0.15, -0.1) is 5.92 Å². The minimum Gasteiger partial charge on any atom is -0.748 e. The van der Waals surface area contributed by atoms with Gasteiger partial charge < -0.3 is 4.55 Å². The lowest BCUT2D eigenvalue weighted by molar-refractivity contribution is 0.470. The summed E-state index contributed by atoms with van der Waals surface area (Å²) in [5, 5.41) is 0. The van der Waals surface area contributed by atoms with Crippen molar-refractivity contribution in [3.8, 4) is 11.8 Å². The molecule has 3 nitrogen and oxygen atoms in total. The quantitative estimate of drug-likeness (QED) is 0.479. The van der Waals surface area contributed by atoms with Crippen LogP contribution in [0.5, 0.6) is 0 Å². The van der Waals surface area contributed by atoms with Gasteiger partial charge in [0.1, 0.15) is 0 Å². The van der Waals surface area contributed by atoms with Crippen molar-refractivity contribution in [1.29, 1.82) is 0 Å². The largest absolute Gasteiger partial charge is 0.748 e. The zero-order chi connectivity index (χ0) is 11.0. The van der Waals surface area contributed by atoms with Gasteiger partial charge >= 0.3 is 0 Å². The fraction of sp³-hybridized carbons (Fsp3) is 0.200. The lowest BCUT2D eigenvalue weighted by Crippen LogP contribution is -1.88. The first-order valence-corrected chi connectivity index (χ1v) is 5.64. The molecule has 1 aromatic rings. The monoisotopic (exact) mass is 211 g/mol. The van der Waals surface area contributed by atoms with Crippen LogP contribution in [0.4, 0.5) is 0 Å². The molecule has 0 saturated heterocycles. The summed E-state index contributed by atoms with van der Waals surface area (Å²) in [6, 6.07) is 9.95. The van der Waals surface area contributed by atoms with Crippen molar-refractivity contribution in [2.45, 2.75) is 6.92 Å². The lowest BCUT2D eigenvalue weighted by atomic mass is 10.2. The lowest BCUT2D eigenvalue weighted by Gasteiger charge is -1.90.